The van der Waals surface area contributed by atoms with Crippen LogP contribution in [0.4, 0.5) is 0 Å². The summed E-state index contributed by atoms with van der Waals surface area (Å²) in [7, 11) is 0. The van der Waals surface area contributed by atoms with Crippen molar-refractivity contribution in [2.24, 2.45) is 0 Å². The van der Waals surface area contributed by atoms with Crippen molar-refractivity contribution in [3.8, 4) is 22.3 Å². The fraction of sp³-hybridized carbons (Fsp3) is 0. The maximum Gasteiger partial charge on any atom is 0.0638 e. The van der Waals surface area contributed by atoms with Crippen LogP contribution in [0.3, 0.4) is 0 Å². The lowest BCUT2D eigenvalue weighted by Gasteiger charge is -2.18. The first-order chi connectivity index (χ1) is 19.2. The first-order valence-electron chi connectivity index (χ1n) is 13.5. The van der Waals surface area contributed by atoms with Gasteiger partial charge in [-0.3, -0.25) is 0 Å². The van der Waals surface area contributed by atoms with Gasteiger partial charge < -0.3 is 0 Å². The third kappa shape index (κ3) is 3.08. The van der Waals surface area contributed by atoms with Gasteiger partial charge >= 0.3 is 0 Å². The van der Waals surface area contributed by atoms with Gasteiger partial charge in [-0.05, 0) is 72.7 Å². The van der Waals surface area contributed by atoms with Crippen molar-refractivity contribution >= 4 is 63.8 Å². The molecule has 0 aliphatic carbocycles. The molecule has 0 fully saturated rings. The van der Waals surface area contributed by atoms with Gasteiger partial charge in [-0.1, -0.05) is 115 Å². The van der Waals surface area contributed by atoms with Crippen molar-refractivity contribution in [3.05, 3.63) is 133 Å². The van der Waals surface area contributed by atoms with Crippen LogP contribution in [0.15, 0.2) is 133 Å². The number of hydrogen-bond donors (Lipinski definition) is 0. The van der Waals surface area contributed by atoms with E-state index in [1.54, 1.807) is 11.3 Å². The average Bonchev–Trinajstić information content (AvgIpc) is 3.36. The third-order valence-corrected chi connectivity index (χ3v) is 8.60. The summed E-state index contributed by atoms with van der Waals surface area (Å²) in [5.41, 5.74) is 4.87. The van der Waals surface area contributed by atoms with Crippen molar-refractivity contribution in [1.29, 1.82) is 0 Å². The summed E-state index contributed by atoms with van der Waals surface area (Å²) in [6, 6.07) is 43.6. The van der Waals surface area contributed by atoms with E-state index in [9.17, 15) is 0 Å². The largest absolute Gasteiger partial charge is 0.135 e. The van der Waals surface area contributed by atoms with Crippen LogP contribution in [-0.2, 0) is 0 Å². The predicted octanol–water partition coefficient (Wildman–Crippen LogP) is 10.8. The Hall–Kier alpha value is -4.46. The zero-order chi connectivity index (χ0) is 26.1. The highest BCUT2D eigenvalue weighted by atomic mass is 32.1. The number of fused-ring (bicyclic) bond motifs is 6. The standard InChI is InChI=1S/C36H22S/c1-2-11-24-22-25(21-20-23(24)10-1)34-26-12-3-5-14-28(26)35(29-15-6-4-13-27(29)34)31-17-9-19-33-36(31)30-16-7-8-18-32(30)37-33/h1-22H/i1D,18D. The maximum absolute atomic E-state index is 8.53. The van der Waals surface area contributed by atoms with Gasteiger partial charge in [-0.15, -0.1) is 11.3 Å². The van der Waals surface area contributed by atoms with E-state index in [1.165, 1.54) is 53.9 Å². The Kier molecular flexibility index (Phi) is 4.07. The Morgan fingerprint density at radius 2 is 1.19 bits per heavy atom. The second-order valence-electron chi connectivity index (χ2n) is 9.52. The molecule has 0 amide bonds. The smallest absolute Gasteiger partial charge is 0.0638 e. The molecule has 0 aliphatic heterocycles. The van der Waals surface area contributed by atoms with Gasteiger partial charge in [0.25, 0.3) is 0 Å². The van der Waals surface area contributed by atoms with E-state index in [0.29, 0.717) is 12.1 Å². The second-order valence-corrected chi connectivity index (χ2v) is 10.6. The average molecular weight is 489 g/mol. The van der Waals surface area contributed by atoms with Crippen LogP contribution in [0.1, 0.15) is 2.74 Å². The van der Waals surface area contributed by atoms with E-state index in [0.717, 1.165) is 20.9 Å². The Bertz CT molecular complexity index is 2200. The fourth-order valence-electron chi connectivity index (χ4n) is 5.93. The topological polar surface area (TPSA) is 0 Å². The van der Waals surface area contributed by atoms with Gasteiger partial charge in [-0.25, -0.2) is 0 Å². The van der Waals surface area contributed by atoms with Crippen LogP contribution in [-0.4, -0.2) is 0 Å². The van der Waals surface area contributed by atoms with Gasteiger partial charge in [-0.2, -0.15) is 0 Å². The van der Waals surface area contributed by atoms with Crippen LogP contribution in [0.5, 0.6) is 0 Å². The minimum atomic E-state index is 0.531. The Balaban J connectivity index is 1.53. The molecule has 1 heterocycles. The van der Waals surface area contributed by atoms with Crippen LogP contribution in [0.25, 0.3) is 74.7 Å². The molecule has 0 bridgehead atoms. The maximum atomic E-state index is 8.53. The lowest BCUT2D eigenvalue weighted by Crippen LogP contribution is -1.91. The molecule has 1 aromatic heterocycles. The number of benzene rings is 7. The highest BCUT2D eigenvalue weighted by molar-refractivity contribution is 7.25. The molecule has 0 atom stereocenters. The molecule has 0 aliphatic rings. The molecule has 0 N–H and O–H groups in total. The van der Waals surface area contributed by atoms with Crippen molar-refractivity contribution in [2.45, 2.75) is 0 Å². The lowest BCUT2D eigenvalue weighted by atomic mass is 9.84. The summed E-state index contributed by atoms with van der Waals surface area (Å²) in [6.45, 7) is 0. The van der Waals surface area contributed by atoms with Crippen LogP contribution < -0.4 is 0 Å². The van der Waals surface area contributed by atoms with Crippen molar-refractivity contribution in [1.82, 2.24) is 0 Å². The zero-order valence-electron chi connectivity index (χ0n) is 22.0. The normalized spacial score (nSPS) is 12.5. The summed E-state index contributed by atoms with van der Waals surface area (Å²) in [5, 5.41) is 9.50. The second kappa shape index (κ2) is 8.03. The van der Waals surface area contributed by atoms with Gasteiger partial charge in [0.1, 0.15) is 0 Å². The number of hydrogen-bond acceptors (Lipinski definition) is 1. The molecular weight excluding hydrogens is 464 g/mol. The van der Waals surface area contributed by atoms with Crippen molar-refractivity contribution < 1.29 is 2.74 Å². The molecule has 0 nitrogen and oxygen atoms in total. The highest BCUT2D eigenvalue weighted by Gasteiger charge is 2.19. The number of rotatable bonds is 2. The van der Waals surface area contributed by atoms with Gasteiger partial charge in [0.2, 0.25) is 0 Å². The van der Waals surface area contributed by atoms with E-state index >= 15 is 0 Å². The molecule has 0 spiro atoms. The predicted molar refractivity (Wildman–Crippen MR) is 163 cm³/mol. The monoisotopic (exact) mass is 488 g/mol. The number of thiophene rings is 1. The summed E-state index contributed by atoms with van der Waals surface area (Å²) in [6.07, 6.45) is 0. The van der Waals surface area contributed by atoms with E-state index in [2.05, 4.69) is 91.0 Å². The summed E-state index contributed by atoms with van der Waals surface area (Å²) in [4.78, 5) is 0. The minimum absolute atomic E-state index is 0.531. The van der Waals surface area contributed by atoms with Crippen LogP contribution in [0, 0.1) is 0 Å². The first kappa shape index (κ1) is 18.8. The molecule has 7 aromatic carbocycles. The van der Waals surface area contributed by atoms with Crippen molar-refractivity contribution in [2.75, 3.05) is 0 Å². The summed E-state index contributed by atoms with van der Waals surface area (Å²) >= 11 is 1.71. The van der Waals surface area contributed by atoms with E-state index in [-0.39, 0.29) is 0 Å². The molecule has 172 valence electrons. The van der Waals surface area contributed by atoms with Gasteiger partial charge in [0.15, 0.2) is 0 Å². The van der Waals surface area contributed by atoms with Crippen LogP contribution >= 0.6 is 11.3 Å². The minimum Gasteiger partial charge on any atom is -0.135 e. The Morgan fingerprint density at radius 3 is 1.97 bits per heavy atom. The molecular formula is C36H22S. The molecule has 8 rings (SSSR count). The van der Waals surface area contributed by atoms with E-state index in [1.807, 2.05) is 30.3 Å². The van der Waals surface area contributed by atoms with E-state index in [4.69, 9.17) is 2.74 Å². The van der Waals surface area contributed by atoms with Crippen molar-refractivity contribution in [3.63, 3.8) is 0 Å². The molecule has 1 heteroatoms. The molecule has 8 aromatic rings. The molecule has 0 saturated heterocycles. The van der Waals surface area contributed by atoms with E-state index < -0.39 is 0 Å². The quantitative estimate of drug-likeness (QED) is 0.212. The Morgan fingerprint density at radius 1 is 0.486 bits per heavy atom. The lowest BCUT2D eigenvalue weighted by molar-refractivity contribution is 1.69. The Labute approximate surface area is 221 Å². The van der Waals surface area contributed by atoms with Crippen LogP contribution in [0.2, 0.25) is 0 Å². The first-order valence-corrected chi connectivity index (χ1v) is 13.3. The summed E-state index contributed by atoms with van der Waals surface area (Å²) < 4.78 is 18.8. The van der Waals surface area contributed by atoms with Gasteiger partial charge in [0, 0.05) is 20.2 Å². The SMILES string of the molecule is [2H]c1ccc2cc(-c3c4ccccc4c(-c4cccc5sc6c([2H])cccc6c45)c4ccccc34)ccc2c1. The molecule has 0 radical (unpaired) electrons. The molecule has 0 unspecified atom stereocenters. The fourth-order valence-corrected chi connectivity index (χ4v) is 7.02. The highest BCUT2D eigenvalue weighted by Crippen LogP contribution is 2.47. The molecule has 0 saturated carbocycles. The molecule has 37 heavy (non-hydrogen) atoms. The van der Waals surface area contributed by atoms with Gasteiger partial charge in [0.05, 0.1) is 2.74 Å². The third-order valence-electron chi connectivity index (χ3n) is 7.50. The zero-order valence-corrected chi connectivity index (χ0v) is 20.8. The summed E-state index contributed by atoms with van der Waals surface area (Å²) in [5.74, 6) is 0.